The number of rotatable bonds is 34. The summed E-state index contributed by atoms with van der Waals surface area (Å²) in [4.78, 5) is 104. The number of terminal acetylenes is 1. The second-order valence-electron chi connectivity index (χ2n) is 31.9. The number of carbonyl (C=O) groups excluding carboxylic acids is 8. The number of aliphatic hydroxyl groups is 1. The fourth-order valence-corrected chi connectivity index (χ4v) is 11.6. The Kier molecular flexibility index (Phi) is 77.3. The molecule has 11 N–H and O–H groups in total. The van der Waals surface area contributed by atoms with E-state index in [4.69, 9.17) is 36.2 Å². The van der Waals surface area contributed by atoms with Gasteiger partial charge >= 0.3 is 42.4 Å². The van der Waals surface area contributed by atoms with Crippen molar-refractivity contribution in [2.75, 3.05) is 133 Å². The van der Waals surface area contributed by atoms with Crippen LogP contribution in [0, 0.1) is 24.2 Å². The minimum absolute atomic E-state index is 0. The third-order valence-corrected chi connectivity index (χ3v) is 17.0. The van der Waals surface area contributed by atoms with Crippen LogP contribution in [0.3, 0.4) is 0 Å². The minimum Gasteiger partial charge on any atom is -0.444 e. The minimum atomic E-state index is -0.534. The van der Waals surface area contributed by atoms with Crippen molar-refractivity contribution in [3.63, 3.8) is 0 Å². The van der Waals surface area contributed by atoms with Crippen LogP contribution in [0.4, 0.5) is 62.0 Å². The lowest BCUT2D eigenvalue weighted by Crippen LogP contribution is -2.36. The maximum atomic E-state index is 12.4. The van der Waals surface area contributed by atoms with Gasteiger partial charge in [-0.1, -0.05) is 169 Å². The molecule has 0 spiro atoms. The zero-order chi connectivity index (χ0) is 96.1. The van der Waals surface area contributed by atoms with Gasteiger partial charge in [0.05, 0.1) is 18.8 Å². The number of hydrogen-bond acceptors (Lipinski definition) is 16. The number of alkyl carbamates (subject to hydrolysis) is 3. The molecular weight excluding hydrogens is 1750 g/mol. The Morgan fingerprint density at radius 3 is 1.12 bits per heavy atom. The van der Waals surface area contributed by atoms with Gasteiger partial charge in [-0.05, 0) is 282 Å². The predicted molar refractivity (Wildman–Crippen MR) is 537 cm³/mol. The van der Waals surface area contributed by atoms with Gasteiger partial charge in [-0.25, -0.2) is 38.4 Å². The maximum absolute atomic E-state index is 12.4. The van der Waals surface area contributed by atoms with Crippen molar-refractivity contribution in [2.24, 2.45) is 10.7 Å². The Labute approximate surface area is 787 Å². The van der Waals surface area contributed by atoms with Gasteiger partial charge in [0, 0.05) is 116 Å². The standard InChI is InChI=1S/C21H35N3O3.C21H31N3O3.C16H27N3O.C13H19BrN2O.C8H13NO2.C7H4BrNO.C6H15N.C4H8O.C2H6O.CH4/c2*1-6-14-24(15-7-2)19(25)23-18-12-8-10-17(16-18)11-9-13-22-20(26)27-21(3,4)5;1-3-11-19(12-4-2)16(20)18-15-9-5-7-14(13-15)8-6-10-17;1-3-8-16(9-4-2)13(17)15-12-7-5-6-11(14)10-12;1-5-6-9-7(10)11-8(2,3)4;8-6-2-1-3-7(4-6)9-5-10;1-3-5-7-6-4-2;1-2-4-5-3-1;1-2-3;/h8,10,12,16H,6-7,9,11,13-15H2,1-5H3,(H,22,26)(H,23,25);8,10,12,16H,6-7,13-15H2,1-5H3,(H,22,26)(H,23,25);5,7,9,13H,3-4,6,8,10-12,17H2,1-2H3,(H,18,20);5-7,10H,3-4,8-9H2,1-2H3,(H,15,17);1H,6H2,2-4H3,(H,9,10);1-4H;7H,3-6H2,1-2H3;1-4H2;3H,2H2,1H3;1H4. The number of isocyanates is 1. The molecule has 1 saturated heterocycles. The number of nitrogens with zero attached hydrogens (tertiary/aromatic N) is 5. The molecule has 0 aromatic heterocycles. The topological polar surface area (TPSA) is 341 Å². The van der Waals surface area contributed by atoms with Crippen LogP contribution < -0.4 is 48.3 Å². The first-order valence-electron chi connectivity index (χ1n) is 45.0. The molecule has 1 heterocycles. The average Bonchev–Trinajstić information content (AvgIpc) is 1.18. The number of nitrogens with one attached hydrogen (secondary N) is 8. The average molecular weight is 1920 g/mol. The van der Waals surface area contributed by atoms with Gasteiger partial charge in [-0.3, -0.25) is 0 Å². The van der Waals surface area contributed by atoms with Gasteiger partial charge in [-0.15, -0.1) is 6.42 Å². The van der Waals surface area contributed by atoms with E-state index in [9.17, 15) is 38.4 Å². The van der Waals surface area contributed by atoms with Crippen LogP contribution >= 0.6 is 31.9 Å². The highest BCUT2D eigenvalue weighted by Gasteiger charge is 2.20. The molecule has 128 heavy (non-hydrogen) atoms. The Morgan fingerprint density at radius 2 is 0.797 bits per heavy atom. The van der Waals surface area contributed by atoms with E-state index in [0.717, 1.165) is 180 Å². The van der Waals surface area contributed by atoms with Crippen LogP contribution in [-0.2, 0) is 36.6 Å². The normalized spacial score (nSPS) is 10.6. The van der Waals surface area contributed by atoms with E-state index < -0.39 is 35.1 Å². The van der Waals surface area contributed by atoms with Gasteiger partial charge in [-0.2, -0.15) is 4.99 Å². The number of aliphatic hydroxyl groups excluding tert-OH is 1. The van der Waals surface area contributed by atoms with Gasteiger partial charge in [0.15, 0.2) is 0 Å². The summed E-state index contributed by atoms with van der Waals surface area (Å²) < 4.78 is 22.1. The zero-order valence-corrected chi connectivity index (χ0v) is 83.5. The van der Waals surface area contributed by atoms with Gasteiger partial charge in [0.25, 0.3) is 0 Å². The third kappa shape index (κ3) is 73.2. The molecule has 1 fully saturated rings. The van der Waals surface area contributed by atoms with Crippen LogP contribution in [-0.4, -0.2) is 201 Å². The summed E-state index contributed by atoms with van der Waals surface area (Å²) >= 11 is 6.63. The molecule has 0 unspecified atom stereocenters. The maximum Gasteiger partial charge on any atom is 0.408 e. The smallest absolute Gasteiger partial charge is 0.408 e. The first-order chi connectivity index (χ1) is 60.5. The number of aliphatic imine (C=N–C) groups is 1. The second kappa shape index (κ2) is 79.5. The summed E-state index contributed by atoms with van der Waals surface area (Å²) in [5, 5.41) is 30.4. The molecule has 0 bridgehead atoms. The number of ether oxygens (including phenoxy) is 4. The van der Waals surface area contributed by atoms with Gasteiger partial charge in [0.1, 0.15) is 16.8 Å². The molecule has 0 aliphatic carbocycles. The van der Waals surface area contributed by atoms with Crippen LogP contribution in [0.25, 0.3) is 0 Å². The van der Waals surface area contributed by atoms with E-state index in [1.165, 1.54) is 50.4 Å². The number of carbonyl (C=O) groups is 7. The van der Waals surface area contributed by atoms with E-state index in [1.807, 2.05) is 137 Å². The molecule has 720 valence electrons. The molecule has 5 aromatic rings. The molecule has 11 amide bonds. The number of benzene rings is 5. The Hall–Kier alpha value is -9.71. The number of amides is 11. The first-order valence-corrected chi connectivity index (χ1v) is 46.6. The van der Waals surface area contributed by atoms with Crippen molar-refractivity contribution in [2.45, 2.75) is 265 Å². The largest absolute Gasteiger partial charge is 0.444 e. The highest BCUT2D eigenvalue weighted by Crippen LogP contribution is 2.21. The molecule has 1 aliphatic heterocycles. The van der Waals surface area contributed by atoms with E-state index in [-0.39, 0.29) is 51.2 Å². The molecule has 0 atom stereocenters. The summed E-state index contributed by atoms with van der Waals surface area (Å²) in [5.74, 6) is 8.12. The summed E-state index contributed by atoms with van der Waals surface area (Å²) in [7, 11) is 0. The van der Waals surface area contributed by atoms with Crippen molar-refractivity contribution in [1.29, 1.82) is 0 Å². The number of halogens is 2. The molecule has 6 rings (SSSR count). The van der Waals surface area contributed by atoms with Gasteiger partial charge < -0.3 is 91.9 Å². The fraction of sp³-hybridized carbons (Fsp3) is 0.576. The number of aryl methyl sites for hydroxylation is 2. The fourth-order valence-electron chi connectivity index (χ4n) is 10.8. The van der Waals surface area contributed by atoms with Crippen LogP contribution in [0.5, 0.6) is 0 Å². The molecule has 5 aromatic carbocycles. The Balaban J connectivity index is -0.000000713. The van der Waals surface area contributed by atoms with E-state index in [2.05, 4.69) is 172 Å². The van der Waals surface area contributed by atoms with Crippen LogP contribution in [0.1, 0.15) is 252 Å². The number of urea groups is 4. The quantitative estimate of drug-likeness (QED) is 0.00602. The van der Waals surface area contributed by atoms with E-state index in [1.54, 1.807) is 66.7 Å². The molecule has 0 radical (unpaired) electrons. The van der Waals surface area contributed by atoms with E-state index >= 15 is 0 Å². The number of hydrogen-bond donors (Lipinski definition) is 10. The molecule has 0 saturated carbocycles. The zero-order valence-electron chi connectivity index (χ0n) is 80.4. The molecular formula is C99H162Br2N14O13. The second-order valence-corrected chi connectivity index (χ2v) is 33.7. The summed E-state index contributed by atoms with van der Waals surface area (Å²) in [5.41, 5.74) is 10.9. The number of anilines is 4. The van der Waals surface area contributed by atoms with Crippen molar-refractivity contribution < 1.29 is 62.4 Å². The third-order valence-electron chi connectivity index (χ3n) is 16.0. The highest BCUT2D eigenvalue weighted by molar-refractivity contribution is 9.10. The SMILES string of the molecule is C.C#CCNC(=O)OC(C)(C)C.C1CCOC1.CCCN(CCC)C(=O)Nc1cccc(Br)c1.CCCN(CCC)C(=O)Nc1cccc(C#CCNC(=O)OC(C)(C)C)c1.CCCN(CCC)C(=O)Nc1cccc(CCCN)c1.CCCN(CCC)C(=O)Nc1cccc(CCCNC(=O)OC(C)(C)C)c1.CCCNCCC.CCO.O=C=Nc1cccc(Br)c1. The lowest BCUT2D eigenvalue weighted by Gasteiger charge is -2.22. The summed E-state index contributed by atoms with van der Waals surface area (Å²) in [6.45, 7) is 51.4. The Morgan fingerprint density at radius 1 is 0.461 bits per heavy atom. The lowest BCUT2D eigenvalue weighted by atomic mass is 10.1. The first kappa shape index (κ1) is 125. The van der Waals surface area contributed by atoms with Crippen LogP contribution in [0.2, 0.25) is 0 Å². The van der Waals surface area contributed by atoms with Crippen molar-refractivity contribution in [1.82, 2.24) is 40.9 Å². The molecule has 1 aliphatic rings. The molecule has 29 heteroatoms. The highest BCUT2D eigenvalue weighted by atomic mass is 79.9. The summed E-state index contributed by atoms with van der Waals surface area (Å²) in [6.07, 6.45) is 21.2. The lowest BCUT2D eigenvalue weighted by molar-refractivity contribution is 0.0518. The van der Waals surface area contributed by atoms with Crippen molar-refractivity contribution in [3.05, 3.63) is 147 Å². The van der Waals surface area contributed by atoms with Crippen LogP contribution in [0.15, 0.2) is 135 Å². The van der Waals surface area contributed by atoms with E-state index in [0.29, 0.717) is 24.5 Å². The molecule has 27 nitrogen and oxygen atoms in total. The number of nitrogens with two attached hydrogens (primary N) is 1. The summed E-state index contributed by atoms with van der Waals surface area (Å²) in [6, 6.07) is 37.8. The monoisotopic (exact) mass is 1910 g/mol. The van der Waals surface area contributed by atoms with Crippen molar-refractivity contribution >= 4 is 109 Å². The van der Waals surface area contributed by atoms with Gasteiger partial charge in [0.2, 0.25) is 6.08 Å². The van der Waals surface area contributed by atoms with Crippen molar-refractivity contribution in [3.8, 4) is 24.2 Å². The Bertz CT molecular complexity index is 3890. The predicted octanol–water partition coefficient (Wildman–Crippen LogP) is 22.7.